The number of aromatic nitrogens is 1. The Labute approximate surface area is 201 Å². The van der Waals surface area contributed by atoms with Gasteiger partial charge in [0, 0.05) is 23.9 Å². The van der Waals surface area contributed by atoms with Crippen LogP contribution >= 0.6 is 19.2 Å². The lowest BCUT2D eigenvalue weighted by Gasteiger charge is -2.39. The summed E-state index contributed by atoms with van der Waals surface area (Å²) in [5, 5.41) is 0.578. The zero-order valence-electron chi connectivity index (χ0n) is 20.4. The van der Waals surface area contributed by atoms with E-state index < -0.39 is 7.60 Å². The quantitative estimate of drug-likeness (QED) is 0.298. The van der Waals surface area contributed by atoms with Crippen LogP contribution in [0.1, 0.15) is 66.0 Å². The predicted molar refractivity (Wildman–Crippen MR) is 134 cm³/mol. The van der Waals surface area contributed by atoms with E-state index in [2.05, 4.69) is 27.7 Å². The van der Waals surface area contributed by atoms with Crippen molar-refractivity contribution in [2.24, 2.45) is 5.41 Å². The Morgan fingerprint density at radius 2 is 1.79 bits per heavy atom. The first-order valence-electron chi connectivity index (χ1n) is 11.7. The minimum atomic E-state index is -3.73. The summed E-state index contributed by atoms with van der Waals surface area (Å²) in [6, 6.07) is 5.41. The molecule has 3 rings (SSSR count). The van der Waals surface area contributed by atoms with E-state index >= 15 is 0 Å². The molecule has 1 aromatic carbocycles. The van der Waals surface area contributed by atoms with E-state index in [0.29, 0.717) is 17.4 Å². The average molecular weight is 496 g/mol. The van der Waals surface area contributed by atoms with E-state index in [1.807, 2.05) is 16.7 Å². The molecular formula is C25H35ClNO5P. The van der Waals surface area contributed by atoms with Crippen molar-refractivity contribution < 1.29 is 18.3 Å². The third-order valence-electron chi connectivity index (χ3n) is 5.89. The van der Waals surface area contributed by atoms with Crippen LogP contribution in [0.4, 0.5) is 0 Å². The van der Waals surface area contributed by atoms with Gasteiger partial charge in [-0.1, -0.05) is 45.7 Å². The third kappa shape index (κ3) is 5.40. The van der Waals surface area contributed by atoms with Crippen LogP contribution in [0.25, 0.3) is 11.3 Å². The Balaban J connectivity index is 2.20. The number of hydrogen-bond acceptors (Lipinski definition) is 5. The fourth-order valence-electron chi connectivity index (χ4n) is 4.20. The number of fused-ring (bicyclic) bond motifs is 3. The van der Waals surface area contributed by atoms with Crippen LogP contribution in [0.5, 0.6) is 5.75 Å². The number of hydrogen-bond donors (Lipinski definition) is 0. The molecule has 1 aliphatic rings. The van der Waals surface area contributed by atoms with Gasteiger partial charge in [-0.25, -0.2) is 0 Å². The molecule has 1 atom stereocenters. The van der Waals surface area contributed by atoms with Crippen LogP contribution in [-0.2, 0) is 20.0 Å². The molecule has 6 nitrogen and oxygen atoms in total. The highest BCUT2D eigenvalue weighted by Crippen LogP contribution is 2.48. The molecule has 0 N–H and O–H groups in total. The lowest BCUT2D eigenvalue weighted by Crippen LogP contribution is -2.36. The highest BCUT2D eigenvalue weighted by molar-refractivity contribution is 7.62. The van der Waals surface area contributed by atoms with Crippen LogP contribution in [0.15, 0.2) is 29.2 Å². The van der Waals surface area contributed by atoms with Gasteiger partial charge in [-0.2, -0.15) is 0 Å². The predicted octanol–water partition coefficient (Wildman–Crippen LogP) is 6.38. The van der Waals surface area contributed by atoms with E-state index in [0.717, 1.165) is 36.1 Å². The molecule has 2 aromatic rings. The van der Waals surface area contributed by atoms with E-state index in [4.69, 9.17) is 25.4 Å². The SMILES string of the molecule is CCCCOc1cc2c(cc1Cl)-c1cc(=O)c(P(=O)(OCC)OCC)cn1C(C(C)(C)C)C2. The number of ether oxygens (including phenoxy) is 1. The molecule has 0 bridgehead atoms. The van der Waals surface area contributed by atoms with Crippen molar-refractivity contribution in [2.45, 2.75) is 66.8 Å². The number of rotatable bonds is 9. The van der Waals surface area contributed by atoms with E-state index in [1.165, 1.54) is 6.07 Å². The molecule has 1 aromatic heterocycles. The zero-order valence-corrected chi connectivity index (χ0v) is 22.1. The summed E-state index contributed by atoms with van der Waals surface area (Å²) in [7, 11) is -3.73. The maximum Gasteiger partial charge on any atom is 0.366 e. The highest BCUT2D eigenvalue weighted by Gasteiger charge is 2.37. The summed E-state index contributed by atoms with van der Waals surface area (Å²) in [5.41, 5.74) is 2.20. The fourth-order valence-corrected chi connectivity index (χ4v) is 6.06. The average Bonchev–Trinajstić information content (AvgIpc) is 2.73. The molecule has 1 aliphatic heterocycles. The molecule has 0 aliphatic carbocycles. The monoisotopic (exact) mass is 495 g/mol. The Hall–Kier alpha value is -1.59. The van der Waals surface area contributed by atoms with Crippen molar-refractivity contribution in [1.82, 2.24) is 4.57 Å². The summed E-state index contributed by atoms with van der Waals surface area (Å²) in [5.74, 6) is 0.668. The topological polar surface area (TPSA) is 66.8 Å². The van der Waals surface area contributed by atoms with Gasteiger partial charge in [0.1, 0.15) is 11.1 Å². The molecule has 182 valence electrons. The van der Waals surface area contributed by atoms with Gasteiger partial charge in [0.25, 0.3) is 0 Å². The maximum atomic E-state index is 13.5. The molecular weight excluding hydrogens is 461 g/mol. The van der Waals surface area contributed by atoms with Gasteiger partial charge in [-0.3, -0.25) is 9.36 Å². The molecule has 0 spiro atoms. The van der Waals surface area contributed by atoms with Crippen molar-refractivity contribution in [3.63, 3.8) is 0 Å². The first kappa shape index (κ1) is 26.0. The van der Waals surface area contributed by atoms with Gasteiger partial charge in [-0.15, -0.1) is 0 Å². The molecule has 2 heterocycles. The zero-order chi connectivity index (χ0) is 24.4. The largest absolute Gasteiger partial charge is 0.492 e. The van der Waals surface area contributed by atoms with Gasteiger partial charge >= 0.3 is 7.60 Å². The lowest BCUT2D eigenvalue weighted by molar-refractivity contribution is 0.227. The van der Waals surface area contributed by atoms with Gasteiger partial charge in [0.15, 0.2) is 5.43 Å². The summed E-state index contributed by atoms with van der Waals surface area (Å²) >= 11 is 6.56. The second kappa shape index (κ2) is 10.4. The molecule has 1 unspecified atom stereocenters. The van der Waals surface area contributed by atoms with E-state index in [9.17, 15) is 9.36 Å². The Kier molecular flexibility index (Phi) is 8.16. The van der Waals surface area contributed by atoms with Crippen LogP contribution in [0.2, 0.25) is 5.02 Å². The molecule has 0 fully saturated rings. The first-order chi connectivity index (χ1) is 15.6. The summed E-state index contributed by atoms with van der Waals surface area (Å²) in [4.78, 5) is 13.2. The smallest absolute Gasteiger partial charge is 0.366 e. The van der Waals surface area contributed by atoms with E-state index in [1.54, 1.807) is 20.0 Å². The van der Waals surface area contributed by atoms with Crippen molar-refractivity contribution in [3.8, 4) is 17.0 Å². The first-order valence-corrected chi connectivity index (χ1v) is 13.6. The summed E-state index contributed by atoms with van der Waals surface area (Å²) < 4.78 is 32.4. The number of halogens is 1. The molecule has 0 radical (unpaired) electrons. The van der Waals surface area contributed by atoms with Crippen molar-refractivity contribution >= 4 is 24.5 Å². The minimum absolute atomic E-state index is 0.0146. The summed E-state index contributed by atoms with van der Waals surface area (Å²) in [6.45, 7) is 13.0. The van der Waals surface area contributed by atoms with Crippen LogP contribution < -0.4 is 15.5 Å². The third-order valence-corrected chi connectivity index (χ3v) is 8.31. The Morgan fingerprint density at radius 3 is 2.36 bits per heavy atom. The number of benzene rings is 1. The van der Waals surface area contributed by atoms with E-state index in [-0.39, 0.29) is 35.4 Å². The molecule has 0 saturated heterocycles. The van der Waals surface area contributed by atoms with Crippen LogP contribution in [0.3, 0.4) is 0 Å². The maximum absolute atomic E-state index is 13.5. The van der Waals surface area contributed by atoms with Gasteiger partial charge in [0.05, 0.1) is 30.5 Å². The van der Waals surface area contributed by atoms with Crippen LogP contribution in [-0.4, -0.2) is 24.4 Å². The number of pyridine rings is 1. The van der Waals surface area contributed by atoms with Crippen molar-refractivity contribution in [3.05, 3.63) is 45.2 Å². The van der Waals surface area contributed by atoms with Crippen LogP contribution in [0, 0.1) is 5.41 Å². The molecule has 8 heteroatoms. The summed E-state index contributed by atoms with van der Waals surface area (Å²) in [6.07, 6.45) is 4.39. The highest BCUT2D eigenvalue weighted by atomic mass is 35.5. The normalized spacial score (nSPS) is 15.8. The second-order valence-electron chi connectivity index (χ2n) is 9.38. The molecule has 33 heavy (non-hydrogen) atoms. The van der Waals surface area contributed by atoms with Crippen molar-refractivity contribution in [2.75, 3.05) is 19.8 Å². The lowest BCUT2D eigenvalue weighted by atomic mass is 9.79. The Morgan fingerprint density at radius 1 is 1.12 bits per heavy atom. The van der Waals surface area contributed by atoms with Gasteiger partial charge in [-0.05, 0) is 49.8 Å². The standard InChI is InChI=1S/C25H35ClNO5P/c1-7-10-11-30-22-12-17-13-24(25(4,5)6)27-16-23(33(29,31-8-2)32-9-3)21(28)15-20(27)18(17)14-19(22)26/h12,14-16,24H,7-11,13H2,1-6H3. The Bertz CT molecular complexity index is 1100. The number of nitrogens with zero attached hydrogens (tertiary/aromatic N) is 1. The number of unbranched alkanes of at least 4 members (excludes halogenated alkanes) is 1. The van der Waals surface area contributed by atoms with Gasteiger partial charge < -0.3 is 18.4 Å². The minimum Gasteiger partial charge on any atom is -0.492 e. The molecule has 0 saturated carbocycles. The second-order valence-corrected chi connectivity index (χ2v) is 11.8. The molecule has 0 amide bonds. The fraction of sp³-hybridized carbons (Fsp3) is 0.560. The van der Waals surface area contributed by atoms with Crippen molar-refractivity contribution in [1.29, 1.82) is 0 Å². The van der Waals surface area contributed by atoms with Gasteiger partial charge in [0.2, 0.25) is 0 Å².